The van der Waals surface area contributed by atoms with Gasteiger partial charge in [0.05, 0.1) is 8.44 Å². The molecule has 0 atom stereocenters. The maximum atomic E-state index is 8.94. The molecule has 1 aliphatic rings. The SMILES string of the molecule is [2H]c1nc2c3c(cc4c(CC(C)(C)C)cccc4c3c1[2H])Sc1c-2cc2cc(C([2H])([2H])[2H])ccc2c1CC(C)C. The van der Waals surface area contributed by atoms with Crippen LogP contribution < -0.4 is 0 Å². The monoisotopic (exact) mass is 480 g/mol. The van der Waals surface area contributed by atoms with Crippen LogP contribution in [0.2, 0.25) is 0 Å². The molecular formula is C33H33NS. The van der Waals surface area contributed by atoms with E-state index in [0.717, 1.165) is 60.5 Å². The molecule has 0 aliphatic carbocycles. The molecule has 0 saturated carbocycles. The molecule has 0 N–H and O–H groups in total. The van der Waals surface area contributed by atoms with Crippen molar-refractivity contribution in [2.24, 2.45) is 11.3 Å². The highest BCUT2D eigenvalue weighted by molar-refractivity contribution is 8.00. The molecule has 0 bridgehead atoms. The average molecular weight is 481 g/mol. The Hall–Kier alpha value is -2.84. The van der Waals surface area contributed by atoms with Gasteiger partial charge in [0, 0.05) is 31.0 Å². The number of aromatic nitrogens is 1. The van der Waals surface area contributed by atoms with Crippen molar-refractivity contribution in [3.63, 3.8) is 0 Å². The summed E-state index contributed by atoms with van der Waals surface area (Å²) < 4.78 is 41.5. The molecule has 0 saturated heterocycles. The van der Waals surface area contributed by atoms with E-state index in [2.05, 4.69) is 58.9 Å². The van der Waals surface area contributed by atoms with Crippen LogP contribution in [-0.2, 0) is 12.8 Å². The van der Waals surface area contributed by atoms with Gasteiger partial charge in [0.2, 0.25) is 0 Å². The lowest BCUT2D eigenvalue weighted by Gasteiger charge is -2.26. The molecule has 0 unspecified atom stereocenters. The summed E-state index contributed by atoms with van der Waals surface area (Å²) in [6, 6.07) is 16.2. The molecular weight excluding hydrogens is 442 g/mol. The van der Waals surface area contributed by atoms with Gasteiger partial charge in [-0.15, -0.1) is 0 Å². The van der Waals surface area contributed by atoms with Gasteiger partial charge < -0.3 is 0 Å². The Bertz CT molecular complexity index is 1850. The summed E-state index contributed by atoms with van der Waals surface area (Å²) in [5.41, 5.74) is 4.50. The molecule has 2 heterocycles. The molecule has 0 spiro atoms. The zero-order valence-electron chi connectivity index (χ0n) is 26.0. The summed E-state index contributed by atoms with van der Waals surface area (Å²) in [5, 5.41) is 5.75. The summed E-state index contributed by atoms with van der Waals surface area (Å²) >= 11 is 1.73. The quantitative estimate of drug-likeness (QED) is 0.234. The number of nitrogens with zero attached hydrogens (tertiary/aromatic N) is 1. The third-order valence-corrected chi connectivity index (χ3v) is 8.03. The molecule has 1 nitrogen and oxygen atoms in total. The number of rotatable bonds is 3. The van der Waals surface area contributed by atoms with E-state index in [0.29, 0.717) is 17.2 Å². The highest BCUT2D eigenvalue weighted by atomic mass is 32.2. The summed E-state index contributed by atoms with van der Waals surface area (Å²) in [6.07, 6.45) is 1.71. The summed E-state index contributed by atoms with van der Waals surface area (Å²) in [5.74, 6) is 0.393. The first-order chi connectivity index (χ1) is 18.7. The lowest BCUT2D eigenvalue weighted by molar-refractivity contribution is 0.412. The number of aryl methyl sites for hydroxylation is 1. The normalized spacial score (nSPS) is 15.7. The molecule has 35 heavy (non-hydrogen) atoms. The lowest BCUT2D eigenvalue weighted by atomic mass is 9.85. The van der Waals surface area contributed by atoms with Crippen LogP contribution in [0.5, 0.6) is 0 Å². The Labute approximate surface area is 220 Å². The Morgan fingerprint density at radius 1 is 1.00 bits per heavy atom. The highest BCUT2D eigenvalue weighted by Gasteiger charge is 2.26. The zero-order valence-corrected chi connectivity index (χ0v) is 21.8. The second-order valence-electron chi connectivity index (χ2n) is 11.4. The molecule has 6 rings (SSSR count). The van der Waals surface area contributed by atoms with E-state index in [9.17, 15) is 0 Å². The number of hydrogen-bond donors (Lipinski definition) is 0. The van der Waals surface area contributed by atoms with Gasteiger partial charge in [0.1, 0.15) is 0 Å². The summed E-state index contributed by atoms with van der Waals surface area (Å²) in [4.78, 5) is 6.90. The molecule has 5 aromatic rings. The van der Waals surface area contributed by atoms with E-state index in [-0.39, 0.29) is 17.6 Å². The van der Waals surface area contributed by atoms with Crippen LogP contribution in [0.1, 0.15) is 58.2 Å². The van der Waals surface area contributed by atoms with Gasteiger partial charge in [-0.2, -0.15) is 0 Å². The van der Waals surface area contributed by atoms with Gasteiger partial charge in [-0.25, -0.2) is 0 Å². The van der Waals surface area contributed by atoms with Crippen LogP contribution in [-0.4, -0.2) is 4.98 Å². The van der Waals surface area contributed by atoms with Gasteiger partial charge in [0.15, 0.2) is 0 Å². The second-order valence-corrected chi connectivity index (χ2v) is 12.5. The largest absolute Gasteiger partial charge is 0.256 e. The van der Waals surface area contributed by atoms with Crippen molar-refractivity contribution in [3.8, 4) is 11.3 Å². The van der Waals surface area contributed by atoms with Crippen LogP contribution in [0.4, 0.5) is 0 Å². The molecule has 0 fully saturated rings. The van der Waals surface area contributed by atoms with Gasteiger partial charge in [-0.3, -0.25) is 4.98 Å². The fraction of sp³-hybridized carbons (Fsp3) is 0.303. The van der Waals surface area contributed by atoms with Crippen molar-refractivity contribution in [1.82, 2.24) is 4.98 Å². The minimum atomic E-state index is -2.19. The highest BCUT2D eigenvalue weighted by Crippen LogP contribution is 2.52. The van der Waals surface area contributed by atoms with Crippen LogP contribution in [0.25, 0.3) is 43.6 Å². The van der Waals surface area contributed by atoms with Crippen LogP contribution in [0, 0.1) is 18.2 Å². The molecule has 2 heteroatoms. The van der Waals surface area contributed by atoms with Crippen molar-refractivity contribution in [2.45, 2.75) is 64.1 Å². The van der Waals surface area contributed by atoms with Crippen LogP contribution in [0.3, 0.4) is 0 Å². The standard InChI is InChI=1S/C33H33NS/c1-19(2)14-27-23-11-10-20(3)15-22(23)16-28-31-30-25(12-13-34-31)24-9-7-8-21(18-33(4,5)6)26(24)17-29(30)35-32(27)28/h7-13,15-17,19H,14,18H2,1-6H3/i3D3,12D,13D. The van der Waals surface area contributed by atoms with E-state index in [1.54, 1.807) is 23.9 Å². The Balaban J connectivity index is 1.74. The maximum absolute atomic E-state index is 8.94. The van der Waals surface area contributed by atoms with E-state index in [1.165, 1.54) is 11.1 Å². The van der Waals surface area contributed by atoms with Crippen molar-refractivity contribution in [1.29, 1.82) is 0 Å². The fourth-order valence-corrected chi connectivity index (χ4v) is 6.78. The molecule has 4 aromatic carbocycles. The fourth-order valence-electron chi connectivity index (χ4n) is 5.50. The predicted molar refractivity (Wildman–Crippen MR) is 153 cm³/mol. The molecule has 176 valence electrons. The third-order valence-electron chi connectivity index (χ3n) is 6.82. The Kier molecular flexibility index (Phi) is 4.06. The van der Waals surface area contributed by atoms with Crippen molar-refractivity contribution < 1.29 is 6.85 Å². The Morgan fingerprint density at radius 2 is 1.86 bits per heavy atom. The van der Waals surface area contributed by atoms with Crippen molar-refractivity contribution in [2.75, 3.05) is 0 Å². The van der Waals surface area contributed by atoms with Gasteiger partial charge >= 0.3 is 0 Å². The number of fused-ring (bicyclic) bond motifs is 5. The van der Waals surface area contributed by atoms with Crippen LogP contribution in [0.15, 0.2) is 70.5 Å². The van der Waals surface area contributed by atoms with E-state index >= 15 is 0 Å². The summed E-state index contributed by atoms with van der Waals surface area (Å²) in [6.45, 7) is 8.92. The smallest absolute Gasteiger partial charge is 0.0840 e. The molecule has 0 amide bonds. The minimum absolute atomic E-state index is 0.0400. The zero-order chi connectivity index (χ0) is 28.7. The lowest BCUT2D eigenvalue weighted by Crippen LogP contribution is -2.09. The minimum Gasteiger partial charge on any atom is -0.256 e. The predicted octanol–water partition coefficient (Wildman–Crippen LogP) is 9.77. The molecule has 1 aliphatic heterocycles. The van der Waals surface area contributed by atoms with E-state index < -0.39 is 6.85 Å². The first-order valence-electron chi connectivity index (χ1n) is 14.9. The maximum Gasteiger partial charge on any atom is 0.0840 e. The van der Waals surface area contributed by atoms with Crippen molar-refractivity contribution in [3.05, 3.63) is 77.4 Å². The average Bonchev–Trinajstić information content (AvgIpc) is 2.85. The van der Waals surface area contributed by atoms with Gasteiger partial charge in [-0.1, -0.05) is 88.3 Å². The first kappa shape index (κ1) is 17.6. The Morgan fingerprint density at radius 3 is 2.63 bits per heavy atom. The van der Waals surface area contributed by atoms with Gasteiger partial charge in [0.25, 0.3) is 0 Å². The number of hydrogen-bond acceptors (Lipinski definition) is 2. The molecule has 1 aromatic heterocycles. The first-order valence-corrected chi connectivity index (χ1v) is 13.2. The number of benzene rings is 4. The second kappa shape index (κ2) is 8.10. The topological polar surface area (TPSA) is 12.9 Å². The van der Waals surface area contributed by atoms with Gasteiger partial charge in [-0.05, 0) is 87.3 Å². The third kappa shape index (κ3) is 3.83. The molecule has 0 radical (unpaired) electrons. The van der Waals surface area contributed by atoms with E-state index in [1.807, 2.05) is 12.1 Å². The summed E-state index contributed by atoms with van der Waals surface area (Å²) in [7, 11) is 0. The number of pyridine rings is 1. The van der Waals surface area contributed by atoms with E-state index in [4.69, 9.17) is 11.8 Å². The van der Waals surface area contributed by atoms with Crippen molar-refractivity contribution >= 4 is 44.1 Å². The van der Waals surface area contributed by atoms with Crippen LogP contribution >= 0.6 is 11.8 Å².